The van der Waals surface area contributed by atoms with Crippen LogP contribution < -0.4 is 5.32 Å². The second-order valence-electron chi connectivity index (χ2n) is 4.71. The summed E-state index contributed by atoms with van der Waals surface area (Å²) in [7, 11) is 0. The normalized spacial score (nSPS) is 26.0. The predicted octanol–water partition coefficient (Wildman–Crippen LogP) is 2.88. The third-order valence-corrected chi connectivity index (χ3v) is 2.91. The van der Waals surface area contributed by atoms with Crippen LogP contribution in [-0.2, 0) is 0 Å². The van der Waals surface area contributed by atoms with Crippen LogP contribution in [0.1, 0.15) is 47.0 Å². The standard InChI is InChI=1S/C12H22N2O/c1-9(2)8-13-12(15)14-10(3)6-5-7-11(14)4/h8,10-11H,5-7H2,1-4H3,(H,13,15). The van der Waals surface area contributed by atoms with Gasteiger partial charge in [0.1, 0.15) is 0 Å². The van der Waals surface area contributed by atoms with Crippen molar-refractivity contribution in [3.05, 3.63) is 11.8 Å². The molecule has 1 fully saturated rings. The summed E-state index contributed by atoms with van der Waals surface area (Å²) >= 11 is 0. The van der Waals surface area contributed by atoms with Crippen LogP contribution in [0.25, 0.3) is 0 Å². The van der Waals surface area contributed by atoms with Crippen molar-refractivity contribution in [1.82, 2.24) is 10.2 Å². The Morgan fingerprint density at radius 3 is 2.27 bits per heavy atom. The predicted molar refractivity (Wildman–Crippen MR) is 62.6 cm³/mol. The second kappa shape index (κ2) is 5.19. The number of hydrogen-bond donors (Lipinski definition) is 1. The van der Waals surface area contributed by atoms with Gasteiger partial charge >= 0.3 is 6.03 Å². The Bertz CT molecular complexity index is 246. The lowest BCUT2D eigenvalue weighted by Gasteiger charge is -2.38. The fourth-order valence-electron chi connectivity index (χ4n) is 2.10. The van der Waals surface area contributed by atoms with Gasteiger partial charge in [0.15, 0.2) is 0 Å². The molecule has 0 bridgehead atoms. The molecule has 3 nitrogen and oxygen atoms in total. The van der Waals surface area contributed by atoms with Gasteiger partial charge in [-0.1, -0.05) is 5.57 Å². The zero-order valence-corrected chi connectivity index (χ0v) is 10.2. The molecule has 1 rings (SSSR count). The van der Waals surface area contributed by atoms with Crippen molar-refractivity contribution < 1.29 is 4.79 Å². The van der Waals surface area contributed by atoms with E-state index in [-0.39, 0.29) is 6.03 Å². The molecule has 0 saturated carbocycles. The van der Waals surface area contributed by atoms with E-state index in [1.165, 1.54) is 6.42 Å². The van der Waals surface area contributed by atoms with Gasteiger partial charge in [0.2, 0.25) is 0 Å². The summed E-state index contributed by atoms with van der Waals surface area (Å²) in [6.07, 6.45) is 5.24. The molecule has 1 aliphatic heterocycles. The molecule has 15 heavy (non-hydrogen) atoms. The van der Waals surface area contributed by atoms with Gasteiger partial charge in [-0.2, -0.15) is 0 Å². The highest BCUT2D eigenvalue weighted by Gasteiger charge is 2.28. The van der Waals surface area contributed by atoms with Crippen LogP contribution in [0, 0.1) is 0 Å². The van der Waals surface area contributed by atoms with E-state index >= 15 is 0 Å². The summed E-state index contributed by atoms with van der Waals surface area (Å²) in [6, 6.07) is 0.759. The summed E-state index contributed by atoms with van der Waals surface area (Å²) in [5.74, 6) is 0. The fraction of sp³-hybridized carbons (Fsp3) is 0.750. The lowest BCUT2D eigenvalue weighted by Crippen LogP contribution is -2.50. The molecule has 0 radical (unpaired) electrons. The molecule has 3 heteroatoms. The van der Waals surface area contributed by atoms with E-state index in [4.69, 9.17) is 0 Å². The number of allylic oxidation sites excluding steroid dienone is 1. The smallest absolute Gasteiger partial charge is 0.319 e. The summed E-state index contributed by atoms with van der Waals surface area (Å²) in [5.41, 5.74) is 1.11. The number of nitrogens with one attached hydrogen (secondary N) is 1. The minimum atomic E-state index is 0.0379. The number of nitrogens with zero attached hydrogens (tertiary/aromatic N) is 1. The lowest BCUT2D eigenvalue weighted by molar-refractivity contribution is 0.125. The maximum Gasteiger partial charge on any atom is 0.321 e. The molecule has 0 aromatic carbocycles. The van der Waals surface area contributed by atoms with Crippen LogP contribution in [0.2, 0.25) is 0 Å². The zero-order valence-electron chi connectivity index (χ0n) is 10.2. The molecule has 2 unspecified atom stereocenters. The maximum absolute atomic E-state index is 11.9. The van der Waals surface area contributed by atoms with Gasteiger partial charge in [0.05, 0.1) is 0 Å². The molecule has 1 saturated heterocycles. The number of rotatable bonds is 1. The van der Waals surface area contributed by atoms with Gasteiger partial charge < -0.3 is 10.2 Å². The molecule has 86 valence electrons. The van der Waals surface area contributed by atoms with Crippen LogP contribution >= 0.6 is 0 Å². The number of piperidine rings is 1. The molecule has 0 aromatic heterocycles. The van der Waals surface area contributed by atoms with Gasteiger partial charge in [-0.15, -0.1) is 0 Å². The Kier molecular flexibility index (Phi) is 4.18. The van der Waals surface area contributed by atoms with Crippen molar-refractivity contribution in [2.24, 2.45) is 0 Å². The largest absolute Gasteiger partial charge is 0.321 e. The first-order valence-electron chi connectivity index (χ1n) is 5.74. The summed E-state index contributed by atoms with van der Waals surface area (Å²) in [6.45, 7) is 8.20. The maximum atomic E-state index is 11.9. The third-order valence-electron chi connectivity index (χ3n) is 2.91. The average molecular weight is 210 g/mol. The Labute approximate surface area is 92.5 Å². The molecular weight excluding hydrogens is 188 g/mol. The molecule has 0 aromatic rings. The van der Waals surface area contributed by atoms with E-state index < -0.39 is 0 Å². The first kappa shape index (κ1) is 12.1. The summed E-state index contributed by atoms with van der Waals surface area (Å²) in [5, 5.41) is 2.84. The highest BCUT2D eigenvalue weighted by molar-refractivity contribution is 5.76. The fourth-order valence-corrected chi connectivity index (χ4v) is 2.10. The molecule has 1 heterocycles. The van der Waals surface area contributed by atoms with Crippen LogP contribution in [-0.4, -0.2) is 23.0 Å². The van der Waals surface area contributed by atoms with Gasteiger partial charge in [0, 0.05) is 18.3 Å². The SMILES string of the molecule is CC(C)=CNC(=O)N1C(C)CCCC1C. The van der Waals surface area contributed by atoms with E-state index in [1.807, 2.05) is 18.7 Å². The number of carbonyl (C=O) groups excluding carboxylic acids is 1. The molecular formula is C12H22N2O. The van der Waals surface area contributed by atoms with Crippen LogP contribution in [0.4, 0.5) is 4.79 Å². The molecule has 0 aliphatic carbocycles. The molecule has 0 spiro atoms. The lowest BCUT2D eigenvalue weighted by atomic mass is 9.98. The van der Waals surface area contributed by atoms with Gasteiger partial charge in [0.25, 0.3) is 0 Å². The topological polar surface area (TPSA) is 32.3 Å². The molecule has 2 atom stereocenters. The minimum Gasteiger partial charge on any atom is -0.319 e. The quantitative estimate of drug-likeness (QED) is 0.709. The highest BCUT2D eigenvalue weighted by Crippen LogP contribution is 2.22. The van der Waals surface area contributed by atoms with Crippen molar-refractivity contribution in [2.75, 3.05) is 0 Å². The number of hydrogen-bond acceptors (Lipinski definition) is 1. The monoisotopic (exact) mass is 210 g/mol. The van der Waals surface area contributed by atoms with Crippen LogP contribution in [0.3, 0.4) is 0 Å². The van der Waals surface area contributed by atoms with E-state index in [9.17, 15) is 4.79 Å². The highest BCUT2D eigenvalue weighted by atomic mass is 16.2. The molecule has 1 N–H and O–H groups in total. The summed E-state index contributed by atoms with van der Waals surface area (Å²) < 4.78 is 0. The average Bonchev–Trinajstić information content (AvgIpc) is 2.14. The van der Waals surface area contributed by atoms with E-state index in [2.05, 4.69) is 19.2 Å². The van der Waals surface area contributed by atoms with Crippen molar-refractivity contribution in [1.29, 1.82) is 0 Å². The Morgan fingerprint density at radius 1 is 1.27 bits per heavy atom. The van der Waals surface area contributed by atoms with Crippen molar-refractivity contribution >= 4 is 6.03 Å². The third kappa shape index (κ3) is 3.26. The first-order chi connectivity index (χ1) is 7.02. The van der Waals surface area contributed by atoms with E-state index in [0.717, 1.165) is 18.4 Å². The molecule has 2 amide bonds. The Morgan fingerprint density at radius 2 is 1.80 bits per heavy atom. The number of carbonyl (C=O) groups is 1. The number of urea groups is 1. The van der Waals surface area contributed by atoms with Crippen molar-refractivity contribution in [2.45, 2.75) is 59.0 Å². The zero-order chi connectivity index (χ0) is 11.4. The van der Waals surface area contributed by atoms with E-state index in [0.29, 0.717) is 12.1 Å². The van der Waals surface area contributed by atoms with Gasteiger partial charge in [-0.05, 0) is 47.0 Å². The van der Waals surface area contributed by atoms with Gasteiger partial charge in [-0.3, -0.25) is 0 Å². The Hall–Kier alpha value is -0.990. The second-order valence-corrected chi connectivity index (χ2v) is 4.71. The van der Waals surface area contributed by atoms with Crippen molar-refractivity contribution in [3.63, 3.8) is 0 Å². The summed E-state index contributed by atoms with van der Waals surface area (Å²) in [4.78, 5) is 13.9. The van der Waals surface area contributed by atoms with Crippen LogP contribution in [0.15, 0.2) is 11.8 Å². The van der Waals surface area contributed by atoms with Gasteiger partial charge in [-0.25, -0.2) is 4.79 Å². The number of likely N-dealkylation sites (tertiary alicyclic amines) is 1. The first-order valence-corrected chi connectivity index (χ1v) is 5.74. The number of amides is 2. The minimum absolute atomic E-state index is 0.0379. The Balaban J connectivity index is 2.59. The van der Waals surface area contributed by atoms with E-state index in [1.54, 1.807) is 6.20 Å². The molecule has 1 aliphatic rings. The van der Waals surface area contributed by atoms with Crippen molar-refractivity contribution in [3.8, 4) is 0 Å². The van der Waals surface area contributed by atoms with Crippen LogP contribution in [0.5, 0.6) is 0 Å².